The van der Waals surface area contributed by atoms with Crippen LogP contribution in [0.2, 0.25) is 0 Å². The third-order valence-corrected chi connectivity index (χ3v) is 4.04. The van der Waals surface area contributed by atoms with Gasteiger partial charge in [0.2, 0.25) is 0 Å². The maximum absolute atomic E-state index is 11.9. The Morgan fingerprint density at radius 3 is 2.35 bits per heavy atom. The van der Waals surface area contributed by atoms with Gasteiger partial charge in [0.1, 0.15) is 0 Å². The highest BCUT2D eigenvalue weighted by Gasteiger charge is 2.30. The van der Waals surface area contributed by atoms with E-state index in [1.165, 1.54) is 11.4 Å². The van der Waals surface area contributed by atoms with E-state index in [1.54, 1.807) is 0 Å². The molecule has 6 nitrogen and oxygen atoms in total. The van der Waals surface area contributed by atoms with E-state index in [0.717, 1.165) is 6.42 Å². The van der Waals surface area contributed by atoms with Crippen molar-refractivity contribution in [2.45, 2.75) is 20.3 Å². The molecule has 2 unspecified atom stereocenters. The molecule has 0 aromatic rings. The van der Waals surface area contributed by atoms with Gasteiger partial charge < -0.3 is 4.74 Å². The molecular weight excluding hydrogens is 244 g/mol. The van der Waals surface area contributed by atoms with Crippen molar-refractivity contribution >= 4 is 10.2 Å². The number of rotatable bonds is 6. The molecule has 1 heterocycles. The summed E-state index contributed by atoms with van der Waals surface area (Å²) in [6, 6.07) is 0. The first-order valence-electron chi connectivity index (χ1n) is 5.83. The van der Waals surface area contributed by atoms with E-state index < -0.39 is 10.2 Å². The molecule has 1 aliphatic rings. The molecule has 7 heteroatoms. The highest BCUT2D eigenvalue weighted by molar-refractivity contribution is 7.87. The van der Waals surface area contributed by atoms with Gasteiger partial charge in [-0.3, -0.25) is 4.84 Å². The Morgan fingerprint density at radius 1 is 1.24 bits per heavy atom. The standard InChI is InChI=1S/C10H22N2O4S/c1-9-6-10(2)8-12(7-9)17(13,14)11-16-5-4-15-3/h9-11H,4-8H2,1-3H3. The largest absolute Gasteiger partial charge is 0.382 e. The van der Waals surface area contributed by atoms with Crippen molar-refractivity contribution in [2.75, 3.05) is 33.4 Å². The fraction of sp³-hybridized carbons (Fsp3) is 1.00. The smallest absolute Gasteiger partial charge is 0.301 e. The molecule has 0 aromatic heterocycles. The fourth-order valence-corrected chi connectivity index (χ4v) is 3.33. The Kier molecular flexibility index (Phi) is 5.81. The molecule has 0 aliphatic carbocycles. The number of piperidine rings is 1. The van der Waals surface area contributed by atoms with Crippen LogP contribution >= 0.6 is 0 Å². The summed E-state index contributed by atoms with van der Waals surface area (Å²) >= 11 is 0. The molecule has 102 valence electrons. The van der Waals surface area contributed by atoms with Crippen molar-refractivity contribution in [3.8, 4) is 0 Å². The zero-order valence-corrected chi connectivity index (χ0v) is 11.5. The SMILES string of the molecule is COCCONS(=O)(=O)N1CC(C)CC(C)C1. The quantitative estimate of drug-likeness (QED) is 0.557. The van der Waals surface area contributed by atoms with Crippen LogP contribution in [-0.2, 0) is 19.8 Å². The average Bonchev–Trinajstić information content (AvgIpc) is 2.23. The summed E-state index contributed by atoms with van der Waals surface area (Å²) in [6.45, 7) is 5.78. The highest BCUT2D eigenvalue weighted by atomic mass is 32.2. The Morgan fingerprint density at radius 2 is 1.82 bits per heavy atom. The normalized spacial score (nSPS) is 27.2. The predicted molar refractivity (Wildman–Crippen MR) is 64.4 cm³/mol. The topological polar surface area (TPSA) is 67.9 Å². The Labute approximate surface area is 103 Å². The second kappa shape index (κ2) is 6.65. The molecule has 0 aromatic carbocycles. The number of nitrogens with zero attached hydrogens (tertiary/aromatic N) is 1. The molecule has 1 rings (SSSR count). The molecule has 0 spiro atoms. The van der Waals surface area contributed by atoms with Gasteiger partial charge in [-0.05, 0) is 18.3 Å². The van der Waals surface area contributed by atoms with E-state index in [2.05, 4.69) is 18.7 Å². The van der Waals surface area contributed by atoms with Crippen LogP contribution in [0.25, 0.3) is 0 Å². The second-order valence-electron chi connectivity index (χ2n) is 4.69. The summed E-state index contributed by atoms with van der Waals surface area (Å²) in [5.74, 6) is 0.767. The first kappa shape index (κ1) is 14.8. The molecule has 1 fully saturated rings. The molecule has 17 heavy (non-hydrogen) atoms. The van der Waals surface area contributed by atoms with Gasteiger partial charge in [-0.2, -0.15) is 12.7 Å². The summed E-state index contributed by atoms with van der Waals surface area (Å²) in [5.41, 5.74) is 0. The Balaban J connectivity index is 2.45. The van der Waals surface area contributed by atoms with Crippen molar-refractivity contribution in [3.63, 3.8) is 0 Å². The van der Waals surface area contributed by atoms with Crippen LogP contribution in [-0.4, -0.2) is 46.1 Å². The summed E-state index contributed by atoms with van der Waals surface area (Å²) in [5, 5.41) is 0. The molecule has 1 N–H and O–H groups in total. The van der Waals surface area contributed by atoms with Crippen molar-refractivity contribution in [1.82, 2.24) is 9.19 Å². The van der Waals surface area contributed by atoms with Crippen LogP contribution in [0.3, 0.4) is 0 Å². The molecule has 0 amide bonds. The minimum atomic E-state index is -3.52. The minimum Gasteiger partial charge on any atom is -0.382 e. The summed E-state index contributed by atoms with van der Waals surface area (Å²) < 4.78 is 30.0. The second-order valence-corrected chi connectivity index (χ2v) is 6.33. The number of ether oxygens (including phenoxy) is 1. The van der Waals surface area contributed by atoms with Crippen molar-refractivity contribution in [3.05, 3.63) is 0 Å². The van der Waals surface area contributed by atoms with E-state index in [1.807, 2.05) is 0 Å². The lowest BCUT2D eigenvalue weighted by atomic mass is 9.94. The minimum absolute atomic E-state index is 0.203. The third-order valence-electron chi connectivity index (χ3n) is 2.73. The van der Waals surface area contributed by atoms with Crippen LogP contribution in [0, 0.1) is 11.8 Å². The average molecular weight is 266 g/mol. The summed E-state index contributed by atoms with van der Waals surface area (Å²) in [4.78, 5) is 6.98. The number of hydrogen-bond donors (Lipinski definition) is 1. The van der Waals surface area contributed by atoms with Crippen LogP contribution in [0.4, 0.5) is 0 Å². The highest BCUT2D eigenvalue weighted by Crippen LogP contribution is 2.22. The molecule has 1 saturated heterocycles. The summed E-state index contributed by atoms with van der Waals surface area (Å²) in [6.07, 6.45) is 1.07. The maximum Gasteiger partial charge on any atom is 0.301 e. The van der Waals surface area contributed by atoms with Crippen LogP contribution in [0.1, 0.15) is 20.3 Å². The van der Waals surface area contributed by atoms with E-state index in [-0.39, 0.29) is 6.61 Å². The molecule has 2 atom stereocenters. The van der Waals surface area contributed by atoms with Crippen LogP contribution in [0.15, 0.2) is 0 Å². The van der Waals surface area contributed by atoms with Crippen molar-refractivity contribution in [2.24, 2.45) is 11.8 Å². The van der Waals surface area contributed by atoms with Gasteiger partial charge in [-0.25, -0.2) is 0 Å². The number of nitrogens with one attached hydrogen (secondary N) is 1. The van der Waals surface area contributed by atoms with Gasteiger partial charge in [0.15, 0.2) is 0 Å². The van der Waals surface area contributed by atoms with Crippen molar-refractivity contribution < 1.29 is 18.0 Å². The fourth-order valence-electron chi connectivity index (χ4n) is 2.10. The maximum atomic E-state index is 11.9. The zero-order chi connectivity index (χ0) is 12.9. The lowest BCUT2D eigenvalue weighted by Crippen LogP contribution is -2.47. The molecule has 0 saturated carbocycles. The van der Waals surface area contributed by atoms with Crippen LogP contribution in [0.5, 0.6) is 0 Å². The van der Waals surface area contributed by atoms with Gasteiger partial charge in [0.05, 0.1) is 13.2 Å². The summed E-state index contributed by atoms with van der Waals surface area (Å²) in [7, 11) is -1.99. The monoisotopic (exact) mass is 266 g/mol. The van der Waals surface area contributed by atoms with E-state index in [9.17, 15) is 8.42 Å². The molecule has 0 bridgehead atoms. The predicted octanol–water partition coefficient (Wildman–Crippen LogP) is 0.377. The van der Waals surface area contributed by atoms with E-state index >= 15 is 0 Å². The van der Waals surface area contributed by atoms with E-state index in [0.29, 0.717) is 31.5 Å². The molecule has 1 aliphatic heterocycles. The van der Waals surface area contributed by atoms with Crippen molar-refractivity contribution in [1.29, 1.82) is 0 Å². The number of methoxy groups -OCH3 is 1. The zero-order valence-electron chi connectivity index (χ0n) is 10.7. The lowest BCUT2D eigenvalue weighted by molar-refractivity contribution is 0.0395. The Hall–Kier alpha value is -0.210. The first-order chi connectivity index (χ1) is 7.95. The molecular formula is C10H22N2O4S. The Bertz CT molecular complexity index is 310. The first-order valence-corrected chi connectivity index (χ1v) is 7.27. The third kappa shape index (κ3) is 4.89. The van der Waals surface area contributed by atoms with E-state index in [4.69, 9.17) is 9.57 Å². The lowest BCUT2D eigenvalue weighted by Gasteiger charge is -2.33. The van der Waals surface area contributed by atoms with Gasteiger partial charge >= 0.3 is 10.2 Å². The van der Waals surface area contributed by atoms with Gasteiger partial charge in [0.25, 0.3) is 0 Å². The molecule has 0 radical (unpaired) electrons. The number of hydrogen-bond acceptors (Lipinski definition) is 4. The van der Waals surface area contributed by atoms with Crippen LogP contribution < -0.4 is 4.89 Å². The van der Waals surface area contributed by atoms with Gasteiger partial charge in [-0.15, -0.1) is 0 Å². The van der Waals surface area contributed by atoms with Gasteiger partial charge in [-0.1, -0.05) is 18.7 Å². The van der Waals surface area contributed by atoms with Gasteiger partial charge in [0, 0.05) is 20.2 Å².